The Morgan fingerprint density at radius 2 is 0.906 bits per heavy atom. The number of fused-ring (bicyclic) bond motifs is 12. The molecule has 12 rings (SSSR count). The Morgan fingerprint density at radius 3 is 1.68 bits per heavy atom. The van der Waals surface area contributed by atoms with Gasteiger partial charge in [-0.1, -0.05) is 109 Å². The van der Waals surface area contributed by atoms with Crippen LogP contribution in [-0.2, 0) is 0 Å². The zero-order valence-electron chi connectivity index (χ0n) is 28.5. The zero-order chi connectivity index (χ0) is 34.8. The molecule has 4 nitrogen and oxygen atoms in total. The Bertz CT molecular complexity index is 3530. The molecule has 8 aromatic carbocycles. The van der Waals surface area contributed by atoms with Crippen molar-refractivity contribution >= 4 is 81.6 Å². The summed E-state index contributed by atoms with van der Waals surface area (Å²) in [6.07, 6.45) is 0. The van der Waals surface area contributed by atoms with Gasteiger partial charge < -0.3 is 9.13 Å². The summed E-state index contributed by atoms with van der Waals surface area (Å²) in [7, 11) is 0. The molecule has 4 heterocycles. The van der Waals surface area contributed by atoms with E-state index in [2.05, 4.69) is 161 Å². The van der Waals surface area contributed by atoms with Crippen LogP contribution >= 0.6 is 0 Å². The minimum atomic E-state index is 0.0285. The lowest BCUT2D eigenvalue weighted by molar-refractivity contribution is 1.17. The first-order valence-corrected chi connectivity index (χ1v) is 18.1. The van der Waals surface area contributed by atoms with Crippen LogP contribution in [0.1, 0.15) is 0 Å². The molecule has 0 aliphatic rings. The van der Waals surface area contributed by atoms with E-state index in [1.54, 1.807) is 0 Å². The van der Waals surface area contributed by atoms with Crippen LogP contribution in [0, 0.1) is 0 Å². The minimum absolute atomic E-state index is 0.0285. The summed E-state index contributed by atoms with van der Waals surface area (Å²) < 4.78 is 6.76. The van der Waals surface area contributed by atoms with Gasteiger partial charge in [0.1, 0.15) is 0 Å². The summed E-state index contributed by atoms with van der Waals surface area (Å²) in [6.45, 7) is 0. The summed E-state index contributed by atoms with van der Waals surface area (Å²) >= 11 is 0. The summed E-state index contributed by atoms with van der Waals surface area (Å²) in [4.78, 5) is 13.9. The van der Waals surface area contributed by atoms with Crippen LogP contribution in [0.4, 0.5) is 0 Å². The highest BCUT2D eigenvalue weighted by Crippen LogP contribution is 2.43. The first-order valence-electron chi connectivity index (χ1n) is 18.1. The van der Waals surface area contributed by atoms with Crippen LogP contribution in [0.15, 0.2) is 181 Å². The minimum Gasteiger partial charge on any atom is -0.309 e. The van der Waals surface area contributed by atoms with Crippen LogP contribution in [-0.4, -0.2) is 13.5 Å². The van der Waals surface area contributed by atoms with Gasteiger partial charge in [0, 0.05) is 54.5 Å². The average molecular weight is 676 g/mol. The normalized spacial score (nSPS) is 12.2. The molecule has 12 aromatic rings. The summed E-state index contributed by atoms with van der Waals surface area (Å²) in [5.41, 5.74) is 11.2. The van der Waals surface area contributed by atoms with E-state index in [1.807, 2.05) is 28.7 Å². The third-order valence-corrected chi connectivity index (χ3v) is 11.3. The molecule has 0 aliphatic carbocycles. The topological polar surface area (TPSA) is 31.3 Å². The van der Waals surface area contributed by atoms with Crippen LogP contribution < -0.4 is 5.56 Å². The first kappa shape index (κ1) is 28.5. The fourth-order valence-electron chi connectivity index (χ4n) is 9.16. The monoisotopic (exact) mass is 675 g/mol. The van der Waals surface area contributed by atoms with Gasteiger partial charge in [0.25, 0.3) is 5.56 Å². The summed E-state index contributed by atoms with van der Waals surface area (Å²) in [6, 6.07) is 62.5. The van der Waals surface area contributed by atoms with E-state index < -0.39 is 0 Å². The van der Waals surface area contributed by atoms with Crippen molar-refractivity contribution in [2.45, 2.75) is 0 Å². The molecular weight excluding hydrogens is 647 g/mol. The third kappa shape index (κ3) is 3.76. The smallest absolute Gasteiger partial charge is 0.263 e. The van der Waals surface area contributed by atoms with Crippen molar-refractivity contribution < 1.29 is 0 Å². The Labute approximate surface area is 302 Å². The molecule has 246 valence electrons. The third-order valence-electron chi connectivity index (χ3n) is 11.3. The van der Waals surface area contributed by atoms with Crippen molar-refractivity contribution in [3.8, 4) is 22.5 Å². The maximum atomic E-state index is 13.9. The first-order chi connectivity index (χ1) is 26.2. The summed E-state index contributed by atoms with van der Waals surface area (Å²) in [5.74, 6) is 0. The van der Waals surface area contributed by atoms with E-state index in [9.17, 15) is 4.79 Å². The number of nitrogens with zero attached hydrogens (tertiary/aromatic N) is 3. The van der Waals surface area contributed by atoms with Crippen LogP contribution in [0.25, 0.3) is 104 Å². The second-order valence-electron chi connectivity index (χ2n) is 14.1. The fourth-order valence-corrected chi connectivity index (χ4v) is 9.16. The Balaban J connectivity index is 1.16. The van der Waals surface area contributed by atoms with Gasteiger partial charge in [0.2, 0.25) is 0 Å². The molecule has 0 bridgehead atoms. The highest BCUT2D eigenvalue weighted by Gasteiger charge is 2.22. The fraction of sp³-hybridized carbons (Fsp3) is 0. The second kappa shape index (κ2) is 10.4. The van der Waals surface area contributed by atoms with Gasteiger partial charge in [-0.2, -0.15) is 0 Å². The molecular formula is C49H29N3O. The number of pyridine rings is 1. The van der Waals surface area contributed by atoms with Gasteiger partial charge in [-0.05, 0) is 83.2 Å². The molecule has 0 atom stereocenters. The average Bonchev–Trinajstić information content (AvgIpc) is 3.86. The van der Waals surface area contributed by atoms with E-state index in [0.29, 0.717) is 0 Å². The highest BCUT2D eigenvalue weighted by atomic mass is 16.1. The Morgan fingerprint density at radius 1 is 0.321 bits per heavy atom. The van der Waals surface area contributed by atoms with Gasteiger partial charge in [0.15, 0.2) is 0 Å². The predicted octanol–water partition coefficient (Wildman–Crippen LogP) is 12.1. The zero-order valence-corrected chi connectivity index (χ0v) is 28.5. The predicted molar refractivity (Wildman–Crippen MR) is 221 cm³/mol. The van der Waals surface area contributed by atoms with Gasteiger partial charge >= 0.3 is 0 Å². The SMILES string of the molecule is O=c1c2ccccc2c2cc(-c3cccc(-n4c5ccccc5c5c4ccc4c6ccccc6n(-c6ccccc6)c45)c3)cc3c4ccccc4n1c23. The number of benzene rings is 8. The van der Waals surface area contributed by atoms with Gasteiger partial charge in [0.05, 0.1) is 33.1 Å². The quantitative estimate of drug-likeness (QED) is 0.172. The summed E-state index contributed by atoms with van der Waals surface area (Å²) in [5, 5.41) is 9.93. The lowest BCUT2D eigenvalue weighted by Gasteiger charge is -2.12. The Kier molecular flexibility index (Phi) is 5.62. The van der Waals surface area contributed by atoms with Gasteiger partial charge in [-0.25, -0.2) is 0 Å². The lowest BCUT2D eigenvalue weighted by Crippen LogP contribution is -2.12. The molecule has 0 N–H and O–H groups in total. The molecule has 4 heteroatoms. The van der Waals surface area contributed by atoms with E-state index in [0.717, 1.165) is 71.5 Å². The van der Waals surface area contributed by atoms with E-state index in [4.69, 9.17) is 0 Å². The largest absolute Gasteiger partial charge is 0.309 e. The highest BCUT2D eigenvalue weighted by molar-refractivity contribution is 6.26. The molecule has 53 heavy (non-hydrogen) atoms. The van der Waals surface area contributed by atoms with E-state index in [1.165, 1.54) is 32.6 Å². The number of para-hydroxylation sites is 4. The van der Waals surface area contributed by atoms with E-state index >= 15 is 0 Å². The maximum Gasteiger partial charge on any atom is 0.263 e. The van der Waals surface area contributed by atoms with Crippen molar-refractivity contribution in [3.63, 3.8) is 0 Å². The van der Waals surface area contributed by atoms with Crippen LogP contribution in [0.5, 0.6) is 0 Å². The Hall–Kier alpha value is -7.17. The van der Waals surface area contributed by atoms with Crippen molar-refractivity contribution in [1.29, 1.82) is 0 Å². The van der Waals surface area contributed by atoms with Crippen molar-refractivity contribution in [1.82, 2.24) is 13.5 Å². The van der Waals surface area contributed by atoms with Crippen LogP contribution in [0.2, 0.25) is 0 Å². The maximum absolute atomic E-state index is 13.9. The molecule has 4 aromatic heterocycles. The van der Waals surface area contributed by atoms with Gasteiger partial charge in [-0.3, -0.25) is 9.20 Å². The van der Waals surface area contributed by atoms with Crippen LogP contribution in [0.3, 0.4) is 0 Å². The number of hydrogen-bond donors (Lipinski definition) is 0. The molecule has 0 fully saturated rings. The molecule has 0 aliphatic heterocycles. The van der Waals surface area contributed by atoms with E-state index in [-0.39, 0.29) is 5.56 Å². The number of hydrogen-bond acceptors (Lipinski definition) is 1. The standard InChI is InChI=1S/C49H29N3O/c53-49-38-20-5-4-17-34(38)40-28-31(29-41-36-19-7-10-23-43(36)52(49)47(40)41)30-13-12-16-33(27-30)50-44-24-11-8-21-39(44)46-45(50)26-25-37-35-18-6-9-22-42(35)51(48(37)46)32-14-2-1-3-15-32/h1-29H. The lowest BCUT2D eigenvalue weighted by atomic mass is 9.97. The molecule has 0 unspecified atom stereocenters. The molecule has 0 saturated heterocycles. The van der Waals surface area contributed by atoms with Crippen molar-refractivity contribution in [3.05, 3.63) is 186 Å². The molecule has 0 radical (unpaired) electrons. The van der Waals surface area contributed by atoms with Crippen molar-refractivity contribution in [2.24, 2.45) is 0 Å². The molecule has 0 spiro atoms. The van der Waals surface area contributed by atoms with Gasteiger partial charge in [-0.15, -0.1) is 0 Å². The second-order valence-corrected chi connectivity index (χ2v) is 14.1. The molecule has 0 amide bonds. The molecule has 0 saturated carbocycles. The number of rotatable bonds is 3. The van der Waals surface area contributed by atoms with Crippen molar-refractivity contribution in [2.75, 3.05) is 0 Å². The number of aromatic nitrogens is 3.